The van der Waals surface area contributed by atoms with E-state index in [1.807, 2.05) is 6.92 Å². The second-order valence-electron chi connectivity index (χ2n) is 4.75. The van der Waals surface area contributed by atoms with Gasteiger partial charge < -0.3 is 11.1 Å². The molecule has 7 heteroatoms. The number of nitrogens with two attached hydrogens (primary N) is 1. The Hall–Kier alpha value is -1.60. The maximum absolute atomic E-state index is 11.7. The second kappa shape index (κ2) is 7.25. The van der Waals surface area contributed by atoms with Crippen LogP contribution in [0.1, 0.15) is 26.2 Å². The first-order valence-corrected chi connectivity index (χ1v) is 8.32. The molecule has 0 radical (unpaired) electrons. The van der Waals surface area contributed by atoms with Gasteiger partial charge in [-0.25, -0.2) is 8.42 Å². The Morgan fingerprint density at radius 3 is 2.30 bits per heavy atom. The number of benzene rings is 1. The number of nitrogens with one attached hydrogen (secondary N) is 2. The molecule has 1 rings (SSSR count). The van der Waals surface area contributed by atoms with Crippen molar-refractivity contribution in [1.82, 2.24) is 0 Å². The highest BCUT2D eigenvalue weighted by atomic mass is 32.2. The Morgan fingerprint density at radius 1 is 1.25 bits per heavy atom. The molecule has 0 aliphatic heterocycles. The van der Waals surface area contributed by atoms with E-state index in [0.29, 0.717) is 11.4 Å². The van der Waals surface area contributed by atoms with Crippen molar-refractivity contribution >= 4 is 27.3 Å². The molecule has 1 aromatic rings. The van der Waals surface area contributed by atoms with Crippen LogP contribution in [-0.4, -0.2) is 26.6 Å². The van der Waals surface area contributed by atoms with Gasteiger partial charge in [0.05, 0.1) is 6.26 Å². The SMILES string of the molecule is CCCC(N)CC(=O)Nc1ccc(NS(C)(=O)=O)cc1. The lowest BCUT2D eigenvalue weighted by Gasteiger charge is -2.11. The molecule has 0 aliphatic carbocycles. The van der Waals surface area contributed by atoms with Crippen LogP contribution in [0.25, 0.3) is 0 Å². The second-order valence-corrected chi connectivity index (χ2v) is 6.50. The summed E-state index contributed by atoms with van der Waals surface area (Å²) in [6.07, 6.45) is 3.11. The molecule has 0 saturated heterocycles. The van der Waals surface area contributed by atoms with Crippen LogP contribution in [0, 0.1) is 0 Å². The minimum Gasteiger partial charge on any atom is -0.327 e. The number of hydrogen-bond donors (Lipinski definition) is 3. The summed E-state index contributed by atoms with van der Waals surface area (Å²) in [6, 6.07) is 6.31. The molecule has 0 aromatic heterocycles. The van der Waals surface area contributed by atoms with Crippen molar-refractivity contribution in [3.63, 3.8) is 0 Å². The van der Waals surface area contributed by atoms with Gasteiger partial charge in [-0.15, -0.1) is 0 Å². The first kappa shape index (κ1) is 16.5. The highest BCUT2D eigenvalue weighted by Crippen LogP contribution is 2.15. The molecule has 0 fully saturated rings. The zero-order valence-electron chi connectivity index (χ0n) is 11.7. The third-order valence-corrected chi connectivity index (χ3v) is 3.19. The van der Waals surface area contributed by atoms with E-state index in [-0.39, 0.29) is 18.4 Å². The van der Waals surface area contributed by atoms with Crippen molar-refractivity contribution in [2.75, 3.05) is 16.3 Å². The third kappa shape index (κ3) is 6.53. The summed E-state index contributed by atoms with van der Waals surface area (Å²) in [4.78, 5) is 11.7. The molecule has 6 nitrogen and oxygen atoms in total. The summed E-state index contributed by atoms with van der Waals surface area (Å²) in [6.45, 7) is 2.02. The summed E-state index contributed by atoms with van der Waals surface area (Å²) in [5, 5.41) is 2.73. The molecule has 1 aromatic carbocycles. The topological polar surface area (TPSA) is 101 Å². The average molecular weight is 299 g/mol. The van der Waals surface area contributed by atoms with E-state index < -0.39 is 10.0 Å². The first-order chi connectivity index (χ1) is 9.30. The van der Waals surface area contributed by atoms with E-state index in [2.05, 4.69) is 10.0 Å². The van der Waals surface area contributed by atoms with Crippen LogP contribution in [0.2, 0.25) is 0 Å². The summed E-state index contributed by atoms with van der Waals surface area (Å²) in [7, 11) is -3.29. The Labute approximate surface area is 119 Å². The molecule has 0 aliphatic rings. The van der Waals surface area contributed by atoms with Crippen LogP contribution in [-0.2, 0) is 14.8 Å². The first-order valence-electron chi connectivity index (χ1n) is 6.43. The zero-order chi connectivity index (χ0) is 15.2. The minimum absolute atomic E-state index is 0.133. The number of amides is 1. The van der Waals surface area contributed by atoms with E-state index in [0.717, 1.165) is 19.1 Å². The fourth-order valence-electron chi connectivity index (χ4n) is 1.76. The number of carbonyl (C=O) groups excluding carboxylic acids is 1. The van der Waals surface area contributed by atoms with Gasteiger partial charge in [0.2, 0.25) is 15.9 Å². The molecule has 1 unspecified atom stereocenters. The van der Waals surface area contributed by atoms with Crippen LogP contribution in [0.4, 0.5) is 11.4 Å². The zero-order valence-corrected chi connectivity index (χ0v) is 12.5. The van der Waals surface area contributed by atoms with E-state index in [9.17, 15) is 13.2 Å². The lowest BCUT2D eigenvalue weighted by Crippen LogP contribution is -2.26. The van der Waals surface area contributed by atoms with Gasteiger partial charge in [0.1, 0.15) is 0 Å². The summed E-state index contributed by atoms with van der Waals surface area (Å²) in [5.74, 6) is -0.144. The largest absolute Gasteiger partial charge is 0.327 e. The van der Waals surface area contributed by atoms with E-state index in [1.165, 1.54) is 0 Å². The molecule has 0 bridgehead atoms. The monoisotopic (exact) mass is 299 g/mol. The Bertz CT molecular complexity index is 540. The highest BCUT2D eigenvalue weighted by molar-refractivity contribution is 7.92. The van der Waals surface area contributed by atoms with Crippen molar-refractivity contribution in [3.8, 4) is 0 Å². The molecular weight excluding hydrogens is 278 g/mol. The molecule has 20 heavy (non-hydrogen) atoms. The molecule has 0 spiro atoms. The van der Waals surface area contributed by atoms with Crippen molar-refractivity contribution < 1.29 is 13.2 Å². The summed E-state index contributed by atoms with van der Waals surface area (Å²) in [5.41, 5.74) is 6.86. The van der Waals surface area contributed by atoms with Crippen molar-refractivity contribution in [1.29, 1.82) is 0 Å². The van der Waals surface area contributed by atoms with E-state index >= 15 is 0 Å². The third-order valence-electron chi connectivity index (χ3n) is 2.58. The number of hydrogen-bond acceptors (Lipinski definition) is 4. The lowest BCUT2D eigenvalue weighted by atomic mass is 10.1. The Morgan fingerprint density at radius 2 is 1.80 bits per heavy atom. The highest BCUT2D eigenvalue weighted by Gasteiger charge is 2.09. The maximum Gasteiger partial charge on any atom is 0.229 e. The predicted octanol–water partition coefficient (Wildman–Crippen LogP) is 1.51. The van der Waals surface area contributed by atoms with E-state index in [1.54, 1.807) is 24.3 Å². The summed E-state index contributed by atoms with van der Waals surface area (Å²) < 4.78 is 24.5. The number of rotatable bonds is 7. The Balaban J connectivity index is 2.55. The minimum atomic E-state index is -3.29. The molecule has 1 atom stereocenters. The molecule has 0 heterocycles. The predicted molar refractivity (Wildman–Crippen MR) is 81.0 cm³/mol. The maximum atomic E-state index is 11.7. The van der Waals surface area contributed by atoms with Gasteiger partial charge in [0.15, 0.2) is 0 Å². The van der Waals surface area contributed by atoms with Gasteiger partial charge >= 0.3 is 0 Å². The van der Waals surface area contributed by atoms with Gasteiger partial charge in [-0.2, -0.15) is 0 Å². The van der Waals surface area contributed by atoms with Gasteiger partial charge in [0.25, 0.3) is 0 Å². The Kier molecular flexibility index (Phi) is 5.97. The lowest BCUT2D eigenvalue weighted by molar-refractivity contribution is -0.116. The van der Waals surface area contributed by atoms with Gasteiger partial charge in [-0.1, -0.05) is 13.3 Å². The standard InChI is InChI=1S/C13H21N3O3S/c1-3-4-10(14)9-13(17)15-11-5-7-12(8-6-11)16-20(2,18)19/h5-8,10,16H,3-4,9,14H2,1-2H3,(H,15,17). The van der Waals surface area contributed by atoms with Crippen molar-refractivity contribution in [3.05, 3.63) is 24.3 Å². The number of anilines is 2. The van der Waals surface area contributed by atoms with Crippen LogP contribution in [0.15, 0.2) is 24.3 Å². The summed E-state index contributed by atoms with van der Waals surface area (Å²) >= 11 is 0. The van der Waals surface area contributed by atoms with Gasteiger partial charge in [-0.05, 0) is 30.7 Å². The van der Waals surface area contributed by atoms with Crippen LogP contribution < -0.4 is 15.8 Å². The van der Waals surface area contributed by atoms with Crippen LogP contribution in [0.5, 0.6) is 0 Å². The fourth-order valence-corrected chi connectivity index (χ4v) is 2.32. The van der Waals surface area contributed by atoms with Crippen molar-refractivity contribution in [2.45, 2.75) is 32.2 Å². The van der Waals surface area contributed by atoms with E-state index in [4.69, 9.17) is 5.73 Å². The van der Waals surface area contributed by atoms with Crippen LogP contribution in [0.3, 0.4) is 0 Å². The van der Waals surface area contributed by atoms with Gasteiger partial charge in [0, 0.05) is 23.8 Å². The van der Waals surface area contributed by atoms with Crippen LogP contribution >= 0.6 is 0 Å². The number of carbonyl (C=O) groups is 1. The quantitative estimate of drug-likeness (QED) is 0.710. The average Bonchev–Trinajstić information content (AvgIpc) is 2.30. The normalized spacial score (nSPS) is 12.8. The smallest absolute Gasteiger partial charge is 0.229 e. The van der Waals surface area contributed by atoms with Gasteiger partial charge in [-0.3, -0.25) is 9.52 Å². The number of sulfonamides is 1. The molecular formula is C13H21N3O3S. The fraction of sp³-hybridized carbons (Fsp3) is 0.462. The molecule has 112 valence electrons. The molecule has 1 amide bonds. The molecule has 0 saturated carbocycles. The molecule has 4 N–H and O–H groups in total. The van der Waals surface area contributed by atoms with Crippen molar-refractivity contribution in [2.24, 2.45) is 5.73 Å².